The lowest BCUT2D eigenvalue weighted by molar-refractivity contribution is 0.311. The molecule has 1 aliphatic heterocycles. The maximum absolute atomic E-state index is 6.32. The second-order valence-electron chi connectivity index (χ2n) is 5.02. The molecule has 0 bridgehead atoms. The summed E-state index contributed by atoms with van der Waals surface area (Å²) in [6.45, 7) is 4.01. The summed E-state index contributed by atoms with van der Waals surface area (Å²) in [4.78, 5) is 15.3. The molecule has 1 saturated heterocycles. The van der Waals surface area contributed by atoms with Crippen molar-refractivity contribution in [3.63, 3.8) is 0 Å². The van der Waals surface area contributed by atoms with Crippen molar-refractivity contribution in [2.24, 2.45) is 0 Å². The highest BCUT2D eigenvalue weighted by Gasteiger charge is 2.21. The minimum atomic E-state index is 0.521. The Morgan fingerprint density at radius 2 is 1.76 bits per heavy atom. The highest BCUT2D eigenvalue weighted by atomic mass is 35.5. The lowest BCUT2D eigenvalue weighted by atomic mass is 10.3. The topological polar surface area (TPSA) is 32.3 Å². The number of rotatable bonds is 3. The lowest BCUT2D eigenvalue weighted by Gasteiger charge is -2.34. The first kappa shape index (κ1) is 14.6. The van der Waals surface area contributed by atoms with Crippen LogP contribution in [-0.2, 0) is 0 Å². The Morgan fingerprint density at radius 3 is 2.48 bits per heavy atom. The largest absolute Gasteiger partial charge is 0.353 e. The monoisotopic (exact) mass is 320 g/mol. The highest BCUT2D eigenvalue weighted by Crippen LogP contribution is 2.38. The van der Waals surface area contributed by atoms with E-state index in [2.05, 4.69) is 38.9 Å². The number of piperazine rings is 1. The van der Waals surface area contributed by atoms with Crippen LogP contribution in [0.15, 0.2) is 46.5 Å². The molecule has 0 unspecified atom stereocenters. The molecule has 3 rings (SSSR count). The first-order valence-electron chi connectivity index (χ1n) is 6.91. The van der Waals surface area contributed by atoms with Crippen LogP contribution in [0.5, 0.6) is 0 Å². The second-order valence-corrected chi connectivity index (χ2v) is 6.46. The van der Waals surface area contributed by atoms with Crippen LogP contribution in [0.2, 0.25) is 5.15 Å². The number of halogens is 1. The fourth-order valence-electron chi connectivity index (χ4n) is 2.28. The number of hydrogen-bond acceptors (Lipinski definition) is 5. The average molecular weight is 321 g/mol. The molecule has 0 N–H and O–H groups in total. The van der Waals surface area contributed by atoms with E-state index >= 15 is 0 Å². The summed E-state index contributed by atoms with van der Waals surface area (Å²) in [7, 11) is 2.14. The molecule has 1 fully saturated rings. The van der Waals surface area contributed by atoms with E-state index in [-0.39, 0.29) is 0 Å². The Hall–Kier alpha value is -1.30. The molecular weight excluding hydrogens is 304 g/mol. The van der Waals surface area contributed by atoms with Crippen molar-refractivity contribution >= 4 is 29.2 Å². The zero-order valence-corrected chi connectivity index (χ0v) is 13.4. The molecule has 0 amide bonds. The third kappa shape index (κ3) is 3.48. The van der Waals surface area contributed by atoms with Gasteiger partial charge in [-0.25, -0.2) is 9.97 Å². The van der Waals surface area contributed by atoms with Gasteiger partial charge in [0.05, 0.1) is 4.90 Å². The molecule has 110 valence electrons. The normalized spacial score (nSPS) is 16.2. The molecular formula is C15H17ClN4S. The van der Waals surface area contributed by atoms with Crippen molar-refractivity contribution in [3.8, 4) is 0 Å². The van der Waals surface area contributed by atoms with E-state index in [0.717, 1.165) is 41.8 Å². The van der Waals surface area contributed by atoms with Gasteiger partial charge in [-0.1, -0.05) is 41.6 Å². The smallest absolute Gasteiger partial charge is 0.148 e. The number of nitrogens with zero attached hydrogens (tertiary/aromatic N) is 4. The van der Waals surface area contributed by atoms with E-state index in [0.29, 0.717) is 5.15 Å². The Labute approximate surface area is 134 Å². The minimum absolute atomic E-state index is 0.521. The van der Waals surface area contributed by atoms with Crippen LogP contribution >= 0.6 is 23.4 Å². The van der Waals surface area contributed by atoms with Crippen molar-refractivity contribution in [2.75, 3.05) is 38.1 Å². The summed E-state index contributed by atoms with van der Waals surface area (Å²) in [5, 5.41) is 0.521. The SMILES string of the molecule is CN1CCN(c2ncnc(Cl)c2Sc2ccccc2)CC1. The number of anilines is 1. The fraction of sp³-hybridized carbons (Fsp3) is 0.333. The summed E-state index contributed by atoms with van der Waals surface area (Å²) in [5.74, 6) is 0.942. The van der Waals surface area contributed by atoms with Crippen LogP contribution in [-0.4, -0.2) is 48.1 Å². The van der Waals surface area contributed by atoms with Gasteiger partial charge in [-0.15, -0.1) is 0 Å². The Bertz CT molecular complexity index is 600. The van der Waals surface area contributed by atoms with E-state index in [1.54, 1.807) is 18.1 Å². The zero-order chi connectivity index (χ0) is 14.7. The molecule has 2 aromatic rings. The third-order valence-electron chi connectivity index (χ3n) is 3.51. The van der Waals surface area contributed by atoms with Gasteiger partial charge in [0.15, 0.2) is 0 Å². The van der Waals surface area contributed by atoms with Gasteiger partial charge in [0.25, 0.3) is 0 Å². The van der Waals surface area contributed by atoms with Gasteiger partial charge >= 0.3 is 0 Å². The molecule has 0 spiro atoms. The average Bonchev–Trinajstić information content (AvgIpc) is 2.51. The minimum Gasteiger partial charge on any atom is -0.353 e. The molecule has 1 aliphatic rings. The Morgan fingerprint density at radius 1 is 1.05 bits per heavy atom. The number of benzene rings is 1. The second kappa shape index (κ2) is 6.64. The van der Waals surface area contributed by atoms with Crippen molar-refractivity contribution < 1.29 is 0 Å². The number of hydrogen-bond donors (Lipinski definition) is 0. The fourth-order valence-corrected chi connectivity index (χ4v) is 3.46. The van der Waals surface area contributed by atoms with Gasteiger partial charge < -0.3 is 9.80 Å². The van der Waals surface area contributed by atoms with Crippen molar-refractivity contribution in [2.45, 2.75) is 9.79 Å². The molecule has 21 heavy (non-hydrogen) atoms. The van der Waals surface area contributed by atoms with Crippen molar-refractivity contribution in [1.82, 2.24) is 14.9 Å². The van der Waals surface area contributed by atoms with E-state index < -0.39 is 0 Å². The molecule has 0 radical (unpaired) electrons. The van der Waals surface area contributed by atoms with Crippen molar-refractivity contribution in [1.29, 1.82) is 0 Å². The van der Waals surface area contributed by atoms with E-state index in [1.165, 1.54) is 0 Å². The van der Waals surface area contributed by atoms with Crippen LogP contribution in [0, 0.1) is 0 Å². The predicted molar refractivity (Wildman–Crippen MR) is 87.3 cm³/mol. The first-order valence-corrected chi connectivity index (χ1v) is 8.10. The van der Waals surface area contributed by atoms with Crippen LogP contribution < -0.4 is 4.90 Å². The molecule has 0 atom stereocenters. The Balaban J connectivity index is 1.88. The molecule has 0 aliphatic carbocycles. The maximum Gasteiger partial charge on any atom is 0.148 e. The van der Waals surface area contributed by atoms with Crippen LogP contribution in [0.3, 0.4) is 0 Å². The van der Waals surface area contributed by atoms with Crippen LogP contribution in [0.4, 0.5) is 5.82 Å². The quantitative estimate of drug-likeness (QED) is 0.812. The standard InChI is InChI=1S/C15H17ClN4S/c1-19-7-9-20(10-8-19)15-13(14(16)17-11-18-15)21-12-5-3-2-4-6-12/h2-6,11H,7-10H2,1H3. The summed E-state index contributed by atoms with van der Waals surface area (Å²) < 4.78 is 0. The van der Waals surface area contributed by atoms with Gasteiger partial charge in [-0.3, -0.25) is 0 Å². The van der Waals surface area contributed by atoms with E-state index in [9.17, 15) is 0 Å². The van der Waals surface area contributed by atoms with Gasteiger partial charge in [0, 0.05) is 31.1 Å². The molecule has 4 nitrogen and oxygen atoms in total. The first-order chi connectivity index (χ1) is 10.2. The molecule has 2 heterocycles. The third-order valence-corrected chi connectivity index (χ3v) is 4.99. The van der Waals surface area contributed by atoms with Gasteiger partial charge in [-0.05, 0) is 19.2 Å². The summed E-state index contributed by atoms with van der Waals surface area (Å²) in [5.41, 5.74) is 0. The van der Waals surface area contributed by atoms with Crippen LogP contribution in [0.25, 0.3) is 0 Å². The number of likely N-dealkylation sites (N-methyl/N-ethyl adjacent to an activating group) is 1. The molecule has 0 saturated carbocycles. The van der Waals surface area contributed by atoms with E-state index in [4.69, 9.17) is 11.6 Å². The van der Waals surface area contributed by atoms with Crippen LogP contribution in [0.1, 0.15) is 0 Å². The summed E-state index contributed by atoms with van der Waals surface area (Å²) >= 11 is 7.94. The lowest BCUT2D eigenvalue weighted by Crippen LogP contribution is -2.45. The zero-order valence-electron chi connectivity index (χ0n) is 11.9. The van der Waals surface area contributed by atoms with Crippen molar-refractivity contribution in [3.05, 3.63) is 41.8 Å². The molecule has 6 heteroatoms. The van der Waals surface area contributed by atoms with Gasteiger partial charge in [0.1, 0.15) is 17.3 Å². The maximum atomic E-state index is 6.32. The molecule has 1 aromatic carbocycles. The van der Waals surface area contributed by atoms with E-state index in [1.807, 2.05) is 18.2 Å². The summed E-state index contributed by atoms with van der Waals surface area (Å²) in [6, 6.07) is 10.2. The number of aromatic nitrogens is 2. The highest BCUT2D eigenvalue weighted by molar-refractivity contribution is 7.99. The van der Waals surface area contributed by atoms with Gasteiger partial charge in [-0.2, -0.15) is 0 Å². The van der Waals surface area contributed by atoms with Gasteiger partial charge in [0.2, 0.25) is 0 Å². The summed E-state index contributed by atoms with van der Waals surface area (Å²) in [6.07, 6.45) is 1.55. The molecule has 1 aromatic heterocycles. The Kier molecular flexibility index (Phi) is 4.63. The predicted octanol–water partition coefficient (Wildman–Crippen LogP) is 3.03.